The highest BCUT2D eigenvalue weighted by Crippen LogP contribution is 2.29. The molecule has 0 fully saturated rings. The van der Waals surface area contributed by atoms with Crippen molar-refractivity contribution in [1.29, 1.82) is 0 Å². The molecular formula is C20H16F3NO2. The Morgan fingerprint density at radius 3 is 2.69 bits per heavy atom. The molecule has 6 heteroatoms. The molecule has 0 aliphatic carbocycles. The normalized spacial score (nSPS) is 10.9. The Labute approximate surface area is 149 Å². The van der Waals surface area contributed by atoms with Gasteiger partial charge in [-0.2, -0.15) is 13.2 Å². The number of amides is 1. The molecule has 3 nitrogen and oxygen atoms in total. The van der Waals surface area contributed by atoms with Gasteiger partial charge < -0.3 is 10.1 Å². The number of ether oxygens (including phenoxy) is 1. The molecule has 134 valence electrons. The van der Waals surface area contributed by atoms with Gasteiger partial charge in [-0.25, -0.2) is 0 Å². The van der Waals surface area contributed by atoms with Crippen LogP contribution < -0.4 is 10.1 Å². The van der Waals surface area contributed by atoms with Gasteiger partial charge in [0.2, 0.25) is 5.91 Å². The molecule has 2 aromatic carbocycles. The van der Waals surface area contributed by atoms with Gasteiger partial charge in [0.15, 0.2) is 0 Å². The molecule has 0 heterocycles. The van der Waals surface area contributed by atoms with Crippen LogP contribution in [0.3, 0.4) is 0 Å². The van der Waals surface area contributed by atoms with Crippen molar-refractivity contribution < 1.29 is 22.7 Å². The Hall–Kier alpha value is -3.20. The monoisotopic (exact) mass is 359 g/mol. The maximum atomic E-state index is 12.6. The van der Waals surface area contributed by atoms with Crippen molar-refractivity contribution in [2.24, 2.45) is 0 Å². The van der Waals surface area contributed by atoms with Crippen LogP contribution in [0, 0.1) is 11.8 Å². The molecule has 0 aliphatic rings. The van der Waals surface area contributed by atoms with Crippen LogP contribution in [0.2, 0.25) is 0 Å². The molecule has 0 unspecified atom stereocenters. The number of methoxy groups -OCH3 is 1. The van der Waals surface area contributed by atoms with Gasteiger partial charge in [0.05, 0.1) is 19.2 Å². The summed E-state index contributed by atoms with van der Waals surface area (Å²) in [6.45, 7) is 0.0192. The number of nitrogens with one attached hydrogen (secondary N) is 1. The van der Waals surface area contributed by atoms with E-state index < -0.39 is 11.7 Å². The van der Waals surface area contributed by atoms with Crippen LogP contribution in [0.4, 0.5) is 13.2 Å². The third-order valence-electron chi connectivity index (χ3n) is 3.33. The van der Waals surface area contributed by atoms with E-state index in [1.165, 1.54) is 25.3 Å². The molecular weight excluding hydrogens is 343 g/mol. The van der Waals surface area contributed by atoms with Crippen molar-refractivity contribution in [3.05, 3.63) is 71.3 Å². The van der Waals surface area contributed by atoms with E-state index in [0.717, 1.165) is 17.7 Å². The van der Waals surface area contributed by atoms with Crippen molar-refractivity contribution >= 4 is 12.0 Å². The van der Waals surface area contributed by atoms with Crippen LogP contribution in [0.1, 0.15) is 16.7 Å². The van der Waals surface area contributed by atoms with Crippen LogP contribution in [-0.2, 0) is 11.0 Å². The summed E-state index contributed by atoms with van der Waals surface area (Å²) in [4.78, 5) is 11.8. The number of carbonyl (C=O) groups is 1. The highest BCUT2D eigenvalue weighted by Gasteiger charge is 2.30. The number of hydrogen-bond acceptors (Lipinski definition) is 2. The summed E-state index contributed by atoms with van der Waals surface area (Å²) >= 11 is 0. The lowest BCUT2D eigenvalue weighted by molar-refractivity contribution is -0.137. The van der Waals surface area contributed by atoms with Crippen molar-refractivity contribution in [1.82, 2.24) is 5.32 Å². The van der Waals surface area contributed by atoms with E-state index in [2.05, 4.69) is 17.2 Å². The highest BCUT2D eigenvalue weighted by atomic mass is 19.4. The van der Waals surface area contributed by atoms with Crippen molar-refractivity contribution in [2.45, 2.75) is 6.18 Å². The van der Waals surface area contributed by atoms with Crippen molar-refractivity contribution in [3.63, 3.8) is 0 Å². The molecule has 26 heavy (non-hydrogen) atoms. The lowest BCUT2D eigenvalue weighted by atomic mass is 10.1. The molecule has 0 bridgehead atoms. The first-order valence-corrected chi connectivity index (χ1v) is 7.65. The average molecular weight is 359 g/mol. The molecule has 2 rings (SSSR count). The first-order valence-electron chi connectivity index (χ1n) is 7.65. The van der Waals surface area contributed by atoms with Gasteiger partial charge in [0, 0.05) is 17.2 Å². The Morgan fingerprint density at radius 1 is 1.19 bits per heavy atom. The second-order valence-corrected chi connectivity index (χ2v) is 5.17. The third kappa shape index (κ3) is 5.71. The largest absolute Gasteiger partial charge is 0.496 e. The zero-order valence-electron chi connectivity index (χ0n) is 13.9. The van der Waals surface area contributed by atoms with Gasteiger partial charge in [-0.15, -0.1) is 0 Å². The lowest BCUT2D eigenvalue weighted by Crippen LogP contribution is -2.20. The van der Waals surface area contributed by atoms with E-state index in [-0.39, 0.29) is 18.0 Å². The van der Waals surface area contributed by atoms with E-state index in [1.54, 1.807) is 18.2 Å². The number of hydrogen-bond donors (Lipinski definition) is 1. The summed E-state index contributed by atoms with van der Waals surface area (Å²) in [7, 11) is 1.54. The number of para-hydroxylation sites is 1. The van der Waals surface area contributed by atoms with E-state index in [1.807, 2.05) is 12.1 Å². The molecule has 1 N–H and O–H groups in total. The number of carbonyl (C=O) groups excluding carboxylic acids is 1. The SMILES string of the molecule is COc1ccccc1/C=C/C(=O)NCC#Cc1cccc(C(F)(F)F)c1. The molecule has 0 aromatic heterocycles. The van der Waals surface area contributed by atoms with Gasteiger partial charge in [0.25, 0.3) is 0 Å². The maximum absolute atomic E-state index is 12.6. The van der Waals surface area contributed by atoms with Crippen LogP contribution in [0.25, 0.3) is 6.08 Å². The number of halogens is 3. The van der Waals surface area contributed by atoms with Gasteiger partial charge in [0.1, 0.15) is 5.75 Å². The first kappa shape index (κ1) is 19.1. The number of alkyl halides is 3. The lowest BCUT2D eigenvalue weighted by Gasteiger charge is -2.05. The third-order valence-corrected chi connectivity index (χ3v) is 3.33. The van der Waals surface area contributed by atoms with Crippen LogP contribution in [0.15, 0.2) is 54.6 Å². The number of benzene rings is 2. The fraction of sp³-hybridized carbons (Fsp3) is 0.150. The topological polar surface area (TPSA) is 38.3 Å². The van der Waals surface area contributed by atoms with E-state index >= 15 is 0 Å². The van der Waals surface area contributed by atoms with Crippen LogP contribution in [0.5, 0.6) is 5.75 Å². The summed E-state index contributed by atoms with van der Waals surface area (Å²) < 4.78 is 43.0. The Morgan fingerprint density at radius 2 is 1.96 bits per heavy atom. The number of rotatable bonds is 4. The molecule has 0 saturated heterocycles. The smallest absolute Gasteiger partial charge is 0.416 e. The standard InChI is InChI=1S/C20H16F3NO2/c1-26-18-10-3-2-8-16(18)11-12-19(25)24-13-5-7-15-6-4-9-17(14-15)20(21,22)23/h2-4,6,8-12,14H,13H2,1H3,(H,24,25)/b12-11+. The summed E-state index contributed by atoms with van der Waals surface area (Å²) in [6.07, 6.45) is -1.46. The maximum Gasteiger partial charge on any atom is 0.416 e. The molecule has 0 spiro atoms. The molecule has 0 aliphatic heterocycles. The second-order valence-electron chi connectivity index (χ2n) is 5.17. The molecule has 0 saturated carbocycles. The summed E-state index contributed by atoms with van der Waals surface area (Å²) in [5.74, 6) is 5.49. The molecule has 0 radical (unpaired) electrons. The quantitative estimate of drug-likeness (QED) is 0.664. The minimum absolute atomic E-state index is 0.0192. The summed E-state index contributed by atoms with van der Waals surface area (Å²) in [6, 6.07) is 11.9. The highest BCUT2D eigenvalue weighted by molar-refractivity contribution is 5.92. The van der Waals surface area contributed by atoms with Crippen molar-refractivity contribution in [3.8, 4) is 17.6 Å². The van der Waals surface area contributed by atoms with E-state index in [4.69, 9.17) is 4.74 Å². The Bertz CT molecular complexity index is 861. The molecule has 0 atom stereocenters. The van der Waals surface area contributed by atoms with Gasteiger partial charge >= 0.3 is 6.18 Å². The zero-order chi connectivity index (χ0) is 19.0. The van der Waals surface area contributed by atoms with Gasteiger partial charge in [-0.3, -0.25) is 4.79 Å². The van der Waals surface area contributed by atoms with Crippen molar-refractivity contribution in [2.75, 3.05) is 13.7 Å². The van der Waals surface area contributed by atoms with E-state index in [9.17, 15) is 18.0 Å². The zero-order valence-corrected chi connectivity index (χ0v) is 13.9. The summed E-state index contributed by atoms with van der Waals surface area (Å²) in [5, 5.41) is 2.54. The average Bonchev–Trinajstić information content (AvgIpc) is 2.63. The Balaban J connectivity index is 1.91. The molecule has 1 amide bonds. The summed E-state index contributed by atoms with van der Waals surface area (Å²) in [5.41, 5.74) is 0.229. The Kier molecular flexibility index (Phi) is 6.45. The minimum Gasteiger partial charge on any atom is -0.496 e. The van der Waals surface area contributed by atoms with Gasteiger partial charge in [-0.05, 0) is 30.3 Å². The van der Waals surface area contributed by atoms with E-state index in [0.29, 0.717) is 5.75 Å². The first-order chi connectivity index (χ1) is 12.4. The predicted octanol–water partition coefficient (Wildman–Crippen LogP) is 3.90. The molecule has 2 aromatic rings. The fourth-order valence-corrected chi connectivity index (χ4v) is 2.08. The van der Waals surface area contributed by atoms with Crippen LogP contribution >= 0.6 is 0 Å². The van der Waals surface area contributed by atoms with Crippen LogP contribution in [-0.4, -0.2) is 19.6 Å². The predicted molar refractivity (Wildman–Crippen MR) is 93.4 cm³/mol. The van der Waals surface area contributed by atoms with Gasteiger partial charge in [-0.1, -0.05) is 36.1 Å². The second kappa shape index (κ2) is 8.77. The fourth-order valence-electron chi connectivity index (χ4n) is 2.08. The minimum atomic E-state index is -4.41.